The second-order valence-corrected chi connectivity index (χ2v) is 7.33. The summed E-state index contributed by atoms with van der Waals surface area (Å²) in [6, 6.07) is 15.3. The van der Waals surface area contributed by atoms with Crippen LogP contribution in [0.3, 0.4) is 0 Å². The normalized spacial score (nSPS) is 18.9. The smallest absolute Gasteiger partial charge is 0.227 e. The van der Waals surface area contributed by atoms with Gasteiger partial charge in [0, 0.05) is 17.5 Å². The van der Waals surface area contributed by atoms with Gasteiger partial charge in [0.2, 0.25) is 11.8 Å². The summed E-state index contributed by atoms with van der Waals surface area (Å²) >= 11 is 0. The quantitative estimate of drug-likeness (QED) is 0.758. The van der Waals surface area contributed by atoms with Crippen molar-refractivity contribution in [3.63, 3.8) is 0 Å². The van der Waals surface area contributed by atoms with Crippen LogP contribution in [0, 0.1) is 18.8 Å². The predicted molar refractivity (Wildman–Crippen MR) is 111 cm³/mol. The van der Waals surface area contributed by atoms with Gasteiger partial charge in [0.1, 0.15) is 5.75 Å². The van der Waals surface area contributed by atoms with Gasteiger partial charge in [-0.2, -0.15) is 0 Å². The van der Waals surface area contributed by atoms with Gasteiger partial charge < -0.3 is 15.4 Å². The van der Waals surface area contributed by atoms with Crippen LogP contribution < -0.4 is 15.4 Å². The Morgan fingerprint density at radius 3 is 2.21 bits per heavy atom. The third-order valence-corrected chi connectivity index (χ3v) is 5.20. The van der Waals surface area contributed by atoms with Crippen LogP contribution in [0.2, 0.25) is 0 Å². The van der Waals surface area contributed by atoms with E-state index in [2.05, 4.69) is 10.6 Å². The molecule has 2 aromatic carbocycles. The highest BCUT2D eigenvalue weighted by Gasteiger charge is 2.30. The zero-order valence-electron chi connectivity index (χ0n) is 16.5. The minimum Gasteiger partial charge on any atom is -0.492 e. The van der Waals surface area contributed by atoms with Crippen molar-refractivity contribution < 1.29 is 14.3 Å². The van der Waals surface area contributed by atoms with Gasteiger partial charge in [-0.05, 0) is 69.4 Å². The molecule has 3 rings (SSSR count). The number of ether oxygens (including phenoxy) is 1. The number of hydrogen-bond donors (Lipinski definition) is 2. The third kappa shape index (κ3) is 5.12. The summed E-state index contributed by atoms with van der Waals surface area (Å²) in [5, 5.41) is 5.99. The van der Waals surface area contributed by atoms with E-state index in [1.165, 1.54) is 0 Å². The Balaban J connectivity index is 1.52. The molecule has 0 aromatic heterocycles. The Labute approximate surface area is 166 Å². The lowest BCUT2D eigenvalue weighted by atomic mass is 9.81. The van der Waals surface area contributed by atoms with Crippen LogP contribution in [0.1, 0.15) is 38.2 Å². The van der Waals surface area contributed by atoms with Crippen LogP contribution >= 0.6 is 0 Å². The molecule has 0 spiro atoms. The molecule has 28 heavy (non-hydrogen) atoms. The summed E-state index contributed by atoms with van der Waals surface area (Å²) in [5.74, 6) is 0.624. The Morgan fingerprint density at radius 1 is 0.929 bits per heavy atom. The molecule has 0 unspecified atom stereocenters. The number of rotatable bonds is 6. The van der Waals surface area contributed by atoms with Crippen molar-refractivity contribution in [2.45, 2.75) is 39.5 Å². The number of carbonyl (C=O) groups is 2. The maximum absolute atomic E-state index is 12.7. The monoisotopic (exact) mass is 380 g/mol. The van der Waals surface area contributed by atoms with Crippen molar-refractivity contribution in [3.05, 3.63) is 54.1 Å². The molecular formula is C23H28N2O3. The Hall–Kier alpha value is -2.82. The van der Waals surface area contributed by atoms with Crippen LogP contribution in [0.15, 0.2) is 48.5 Å². The lowest BCUT2D eigenvalue weighted by Crippen LogP contribution is -2.32. The van der Waals surface area contributed by atoms with Crippen molar-refractivity contribution in [2.75, 3.05) is 17.2 Å². The SMILES string of the molecule is CCOc1ccccc1NC(=O)C1CCC(C(=O)Nc2cccc(C)c2)CC1. The highest BCUT2D eigenvalue weighted by Crippen LogP contribution is 2.32. The van der Waals surface area contributed by atoms with E-state index in [1.807, 2.05) is 62.4 Å². The zero-order chi connectivity index (χ0) is 19.9. The van der Waals surface area contributed by atoms with Crippen molar-refractivity contribution in [1.82, 2.24) is 0 Å². The van der Waals surface area contributed by atoms with Crippen molar-refractivity contribution in [1.29, 1.82) is 0 Å². The van der Waals surface area contributed by atoms with E-state index >= 15 is 0 Å². The fraction of sp³-hybridized carbons (Fsp3) is 0.391. The van der Waals surface area contributed by atoms with Crippen molar-refractivity contribution >= 4 is 23.2 Å². The van der Waals surface area contributed by atoms with Crippen LogP contribution in [-0.2, 0) is 9.59 Å². The molecule has 0 saturated heterocycles. The molecule has 148 valence electrons. The summed E-state index contributed by atoms with van der Waals surface area (Å²) in [6.45, 7) is 4.47. The lowest BCUT2D eigenvalue weighted by molar-refractivity contribution is -0.125. The van der Waals surface area contributed by atoms with Crippen LogP contribution in [0.25, 0.3) is 0 Å². The summed E-state index contributed by atoms with van der Waals surface area (Å²) in [4.78, 5) is 25.2. The summed E-state index contributed by atoms with van der Waals surface area (Å²) < 4.78 is 5.57. The molecule has 5 nitrogen and oxygen atoms in total. The number of benzene rings is 2. The summed E-state index contributed by atoms with van der Waals surface area (Å²) in [5.41, 5.74) is 2.65. The Morgan fingerprint density at radius 2 is 1.57 bits per heavy atom. The van der Waals surface area contributed by atoms with Crippen LogP contribution in [-0.4, -0.2) is 18.4 Å². The molecule has 1 aliphatic carbocycles. The molecule has 2 N–H and O–H groups in total. The number of amides is 2. The van der Waals surface area contributed by atoms with Gasteiger partial charge in [-0.3, -0.25) is 9.59 Å². The van der Waals surface area contributed by atoms with Gasteiger partial charge in [-0.15, -0.1) is 0 Å². The average molecular weight is 380 g/mol. The van der Waals surface area contributed by atoms with Crippen molar-refractivity contribution in [2.24, 2.45) is 11.8 Å². The molecular weight excluding hydrogens is 352 g/mol. The second-order valence-electron chi connectivity index (χ2n) is 7.33. The highest BCUT2D eigenvalue weighted by atomic mass is 16.5. The second kappa shape index (κ2) is 9.40. The lowest BCUT2D eigenvalue weighted by Gasteiger charge is -2.27. The molecule has 1 fully saturated rings. The molecule has 0 aliphatic heterocycles. The molecule has 1 aliphatic rings. The predicted octanol–water partition coefficient (Wildman–Crippen LogP) is 4.78. The highest BCUT2D eigenvalue weighted by molar-refractivity contribution is 5.95. The maximum Gasteiger partial charge on any atom is 0.227 e. The van der Waals surface area contributed by atoms with E-state index in [0.717, 1.165) is 24.1 Å². The fourth-order valence-corrected chi connectivity index (χ4v) is 3.67. The molecule has 1 saturated carbocycles. The first-order chi connectivity index (χ1) is 13.6. The van der Waals surface area contributed by atoms with Gasteiger partial charge in [0.05, 0.1) is 12.3 Å². The standard InChI is InChI=1S/C23H28N2O3/c1-3-28-21-10-5-4-9-20(21)25-23(27)18-13-11-17(12-14-18)22(26)24-19-8-6-7-16(2)15-19/h4-10,15,17-18H,3,11-14H2,1-2H3,(H,24,26)(H,25,27). The van der Waals surface area contributed by atoms with Gasteiger partial charge in [-0.1, -0.05) is 24.3 Å². The number of anilines is 2. The maximum atomic E-state index is 12.7. The van der Waals surface area contributed by atoms with Gasteiger partial charge in [-0.25, -0.2) is 0 Å². The zero-order valence-corrected chi connectivity index (χ0v) is 16.5. The largest absolute Gasteiger partial charge is 0.492 e. The molecule has 0 heterocycles. The minimum absolute atomic E-state index is 0.00435. The molecule has 0 atom stereocenters. The fourth-order valence-electron chi connectivity index (χ4n) is 3.67. The first kappa shape index (κ1) is 19.9. The minimum atomic E-state index is -0.0716. The topological polar surface area (TPSA) is 67.4 Å². The molecule has 2 aromatic rings. The van der Waals surface area contributed by atoms with Crippen LogP contribution in [0.5, 0.6) is 5.75 Å². The summed E-state index contributed by atoms with van der Waals surface area (Å²) in [7, 11) is 0. The van der Waals surface area contributed by atoms with E-state index in [4.69, 9.17) is 4.74 Å². The molecule has 0 radical (unpaired) electrons. The number of hydrogen-bond acceptors (Lipinski definition) is 3. The number of carbonyl (C=O) groups excluding carboxylic acids is 2. The average Bonchev–Trinajstić information content (AvgIpc) is 2.70. The molecule has 5 heteroatoms. The van der Waals surface area contributed by atoms with Crippen LogP contribution in [0.4, 0.5) is 11.4 Å². The van der Waals surface area contributed by atoms with E-state index in [9.17, 15) is 9.59 Å². The first-order valence-electron chi connectivity index (χ1n) is 9.97. The number of para-hydroxylation sites is 2. The third-order valence-electron chi connectivity index (χ3n) is 5.20. The van der Waals surface area contributed by atoms with E-state index < -0.39 is 0 Å². The number of aryl methyl sites for hydroxylation is 1. The Bertz CT molecular complexity index is 826. The van der Waals surface area contributed by atoms with Crippen molar-refractivity contribution in [3.8, 4) is 5.75 Å². The number of nitrogens with one attached hydrogen (secondary N) is 2. The van der Waals surface area contributed by atoms with Gasteiger partial charge in [0.15, 0.2) is 0 Å². The van der Waals surface area contributed by atoms with Gasteiger partial charge in [0.25, 0.3) is 0 Å². The van der Waals surface area contributed by atoms with Gasteiger partial charge >= 0.3 is 0 Å². The van der Waals surface area contributed by atoms with E-state index in [1.54, 1.807) is 0 Å². The van der Waals surface area contributed by atoms with E-state index in [-0.39, 0.29) is 23.7 Å². The molecule has 2 amide bonds. The molecule has 0 bridgehead atoms. The Kier molecular flexibility index (Phi) is 6.69. The van der Waals surface area contributed by atoms with E-state index in [0.29, 0.717) is 30.9 Å². The first-order valence-corrected chi connectivity index (χ1v) is 9.97. The summed E-state index contributed by atoms with van der Waals surface area (Å²) in [6.07, 6.45) is 2.88.